The lowest BCUT2D eigenvalue weighted by molar-refractivity contribution is -0.0379. The van der Waals surface area contributed by atoms with E-state index in [0.717, 1.165) is 48.7 Å². The number of amides is 2. The third kappa shape index (κ3) is 5.73. The minimum Gasteiger partial charge on any atom is -0.440 e. The summed E-state index contributed by atoms with van der Waals surface area (Å²) in [5.41, 5.74) is 6.35. The molecule has 0 spiro atoms. The van der Waals surface area contributed by atoms with Crippen LogP contribution in [0.2, 0.25) is 0 Å². The highest BCUT2D eigenvalue weighted by atomic mass is 16.5. The number of nitrogens with zero attached hydrogens (tertiary/aromatic N) is 3. The number of morpholine rings is 1. The van der Waals surface area contributed by atoms with E-state index in [1.165, 1.54) is 11.1 Å². The Labute approximate surface area is 205 Å². The first-order valence-corrected chi connectivity index (χ1v) is 12.1. The van der Waals surface area contributed by atoms with Crippen LogP contribution in [0.3, 0.4) is 0 Å². The number of aryl methyl sites for hydroxylation is 2. The zero-order valence-corrected chi connectivity index (χ0v) is 20.4. The molecule has 0 aliphatic carbocycles. The summed E-state index contributed by atoms with van der Waals surface area (Å²) < 4.78 is 17.5. The highest BCUT2D eigenvalue weighted by Crippen LogP contribution is 2.29. The minimum absolute atomic E-state index is 0.0657. The molecule has 1 aromatic heterocycles. The Balaban J connectivity index is 1.26. The first kappa shape index (κ1) is 23.5. The van der Waals surface area contributed by atoms with Gasteiger partial charge in [0, 0.05) is 43.9 Å². The Morgan fingerprint density at radius 2 is 1.94 bits per heavy atom. The number of carbonyl (C=O) groups is 1. The number of oxazole rings is 1. The Morgan fingerprint density at radius 1 is 1.09 bits per heavy atom. The molecule has 2 aliphatic rings. The maximum absolute atomic E-state index is 12.1. The van der Waals surface area contributed by atoms with Gasteiger partial charge in [-0.05, 0) is 54.3 Å². The summed E-state index contributed by atoms with van der Waals surface area (Å²) in [6, 6.07) is 12.4. The van der Waals surface area contributed by atoms with E-state index in [1.54, 1.807) is 11.1 Å². The average molecular weight is 477 g/mol. The van der Waals surface area contributed by atoms with Crippen LogP contribution in [0.15, 0.2) is 47.0 Å². The van der Waals surface area contributed by atoms with Gasteiger partial charge in [-0.2, -0.15) is 0 Å². The van der Waals surface area contributed by atoms with Crippen molar-refractivity contribution >= 4 is 11.7 Å². The minimum atomic E-state index is -0.0657. The summed E-state index contributed by atoms with van der Waals surface area (Å²) in [4.78, 5) is 20.7. The number of nitrogens with one attached hydrogen (secondary N) is 1. The Morgan fingerprint density at radius 3 is 2.74 bits per heavy atom. The predicted octanol–water partition coefficient (Wildman–Crippen LogP) is 3.89. The van der Waals surface area contributed by atoms with Crippen molar-refractivity contribution in [2.75, 3.05) is 51.0 Å². The van der Waals surface area contributed by atoms with Crippen LogP contribution in [0.25, 0.3) is 11.3 Å². The lowest BCUT2D eigenvalue weighted by atomic mass is 10.0. The van der Waals surface area contributed by atoms with Gasteiger partial charge in [-0.15, -0.1) is 0 Å². The fraction of sp³-hybridized carbons (Fsp3) is 0.407. The molecule has 3 heterocycles. The number of anilines is 1. The van der Waals surface area contributed by atoms with Crippen LogP contribution in [0, 0.1) is 13.8 Å². The first-order chi connectivity index (χ1) is 17.0. The van der Waals surface area contributed by atoms with Gasteiger partial charge in [0.25, 0.3) is 0 Å². The van der Waals surface area contributed by atoms with Crippen molar-refractivity contribution in [2.45, 2.75) is 26.9 Å². The van der Waals surface area contributed by atoms with Gasteiger partial charge in [0.2, 0.25) is 0 Å². The molecule has 35 heavy (non-hydrogen) atoms. The predicted molar refractivity (Wildman–Crippen MR) is 133 cm³/mol. The molecule has 2 amide bonds. The van der Waals surface area contributed by atoms with Crippen LogP contribution in [0.5, 0.6) is 0 Å². The van der Waals surface area contributed by atoms with Crippen LogP contribution in [0.4, 0.5) is 10.5 Å². The normalized spacial score (nSPS) is 16.6. The number of benzene rings is 2. The summed E-state index contributed by atoms with van der Waals surface area (Å²) in [5.74, 6) is 1.36. The van der Waals surface area contributed by atoms with Crippen molar-refractivity contribution in [3.63, 3.8) is 0 Å². The quantitative estimate of drug-likeness (QED) is 0.532. The van der Waals surface area contributed by atoms with Gasteiger partial charge in [0.15, 0.2) is 11.7 Å². The van der Waals surface area contributed by atoms with Gasteiger partial charge >= 0.3 is 6.03 Å². The SMILES string of the molecule is Cc1cc(-c2cnc(Cc3cc(COCN4CCOCC4)ccc3C)o2)cc(N2CCNC2=O)c1. The van der Waals surface area contributed by atoms with E-state index in [1.807, 2.05) is 19.1 Å². The summed E-state index contributed by atoms with van der Waals surface area (Å²) in [5, 5.41) is 2.85. The van der Waals surface area contributed by atoms with E-state index in [9.17, 15) is 4.79 Å². The molecule has 0 saturated carbocycles. The fourth-order valence-corrected chi connectivity index (χ4v) is 4.50. The number of rotatable bonds is 8. The van der Waals surface area contributed by atoms with E-state index in [4.69, 9.17) is 13.9 Å². The summed E-state index contributed by atoms with van der Waals surface area (Å²) in [7, 11) is 0. The van der Waals surface area contributed by atoms with Crippen molar-refractivity contribution in [3.05, 3.63) is 70.7 Å². The summed E-state index contributed by atoms with van der Waals surface area (Å²) in [6.07, 6.45) is 2.37. The second-order valence-corrected chi connectivity index (χ2v) is 9.20. The van der Waals surface area contributed by atoms with Gasteiger partial charge in [-0.25, -0.2) is 9.78 Å². The molecule has 3 aromatic rings. The number of hydrogen-bond acceptors (Lipinski definition) is 6. The molecular weight excluding hydrogens is 444 g/mol. The van der Waals surface area contributed by atoms with Crippen molar-refractivity contribution in [1.29, 1.82) is 0 Å². The number of carbonyl (C=O) groups excluding carboxylic acids is 1. The highest BCUT2D eigenvalue weighted by Gasteiger charge is 2.22. The van der Waals surface area contributed by atoms with Gasteiger partial charge in [-0.3, -0.25) is 9.80 Å². The first-order valence-electron chi connectivity index (χ1n) is 12.1. The van der Waals surface area contributed by atoms with Crippen LogP contribution in [0.1, 0.15) is 28.1 Å². The third-order valence-electron chi connectivity index (χ3n) is 6.47. The Kier molecular flexibility index (Phi) is 7.13. The highest BCUT2D eigenvalue weighted by molar-refractivity contribution is 5.94. The Hall–Kier alpha value is -3.20. The maximum Gasteiger partial charge on any atom is 0.321 e. The van der Waals surface area contributed by atoms with Gasteiger partial charge in [0.1, 0.15) is 0 Å². The average Bonchev–Trinajstić information content (AvgIpc) is 3.50. The monoisotopic (exact) mass is 476 g/mol. The van der Waals surface area contributed by atoms with Gasteiger partial charge in [0.05, 0.1) is 32.7 Å². The van der Waals surface area contributed by atoms with Crippen LogP contribution in [-0.2, 0) is 22.5 Å². The molecule has 184 valence electrons. The van der Waals surface area contributed by atoms with E-state index >= 15 is 0 Å². The number of hydrogen-bond donors (Lipinski definition) is 1. The van der Waals surface area contributed by atoms with Crippen LogP contribution >= 0.6 is 0 Å². The third-order valence-corrected chi connectivity index (χ3v) is 6.47. The zero-order valence-electron chi connectivity index (χ0n) is 20.4. The molecule has 8 heteroatoms. The van der Waals surface area contributed by atoms with Crippen molar-refractivity contribution in [1.82, 2.24) is 15.2 Å². The number of urea groups is 1. The maximum atomic E-state index is 12.1. The van der Waals surface area contributed by atoms with Crippen molar-refractivity contribution in [3.8, 4) is 11.3 Å². The van der Waals surface area contributed by atoms with Crippen molar-refractivity contribution < 1.29 is 18.7 Å². The molecule has 8 nitrogen and oxygen atoms in total. The molecule has 2 fully saturated rings. The zero-order chi connectivity index (χ0) is 24.2. The van der Waals surface area contributed by atoms with E-state index in [-0.39, 0.29) is 6.03 Å². The molecule has 2 saturated heterocycles. The lowest BCUT2D eigenvalue weighted by Gasteiger charge is -2.26. The summed E-state index contributed by atoms with van der Waals surface area (Å²) in [6.45, 7) is 10.0. The molecule has 5 rings (SSSR count). The van der Waals surface area contributed by atoms with Crippen LogP contribution < -0.4 is 10.2 Å². The summed E-state index contributed by atoms with van der Waals surface area (Å²) >= 11 is 0. The lowest BCUT2D eigenvalue weighted by Crippen LogP contribution is -2.37. The smallest absolute Gasteiger partial charge is 0.321 e. The molecular formula is C27H32N4O4. The number of ether oxygens (including phenoxy) is 2. The largest absolute Gasteiger partial charge is 0.440 e. The van der Waals surface area contributed by atoms with E-state index < -0.39 is 0 Å². The van der Waals surface area contributed by atoms with E-state index in [2.05, 4.69) is 46.4 Å². The second kappa shape index (κ2) is 10.6. The molecule has 0 radical (unpaired) electrons. The molecule has 1 N–H and O–H groups in total. The van der Waals surface area contributed by atoms with Gasteiger partial charge < -0.3 is 19.2 Å². The molecule has 2 aromatic carbocycles. The molecule has 2 aliphatic heterocycles. The van der Waals surface area contributed by atoms with Crippen molar-refractivity contribution in [2.24, 2.45) is 0 Å². The topological polar surface area (TPSA) is 80.1 Å². The van der Waals surface area contributed by atoms with Crippen LogP contribution in [-0.4, -0.2) is 62.0 Å². The van der Waals surface area contributed by atoms with E-state index in [0.29, 0.717) is 44.5 Å². The van der Waals surface area contributed by atoms with Gasteiger partial charge in [-0.1, -0.05) is 18.2 Å². The molecule has 0 unspecified atom stereocenters. The fourth-order valence-electron chi connectivity index (χ4n) is 4.50. The molecule has 0 bridgehead atoms. The second-order valence-electron chi connectivity index (χ2n) is 9.20. The number of aromatic nitrogens is 1. The standard InChI is InChI=1S/C27H32N4O4/c1-19-11-23(14-24(12-19)31-6-5-28-27(31)32)25-16-29-26(35-25)15-22-13-21(4-3-20(22)2)17-34-18-30-7-9-33-10-8-30/h3-4,11-14,16H,5-10,15,17-18H2,1-2H3,(H,28,32). The molecule has 0 atom stereocenters. The Bertz CT molecular complexity index is 1190.